The molecule has 2 atom stereocenters. The minimum absolute atomic E-state index is 0.289. The van der Waals surface area contributed by atoms with Crippen molar-refractivity contribution >= 4 is 16.1 Å². The van der Waals surface area contributed by atoms with Crippen LogP contribution in [0, 0.1) is 0 Å². The second-order valence-corrected chi connectivity index (χ2v) is 6.88. The largest absolute Gasteiger partial charge is 0.497 e. The van der Waals surface area contributed by atoms with E-state index in [-0.39, 0.29) is 5.91 Å². The Kier molecular flexibility index (Phi) is 5.05. The lowest BCUT2D eigenvalue weighted by molar-refractivity contribution is -0.125. The number of nitrogens with zero attached hydrogens (tertiary/aromatic N) is 1. The summed E-state index contributed by atoms with van der Waals surface area (Å²) in [4.78, 5) is 12.1. The summed E-state index contributed by atoms with van der Waals surface area (Å²) >= 11 is 0. The summed E-state index contributed by atoms with van der Waals surface area (Å²) < 4.78 is 33.3. The van der Waals surface area contributed by atoms with Gasteiger partial charge in [-0.25, -0.2) is 0 Å². The number of methoxy groups -OCH3 is 1. The third kappa shape index (κ3) is 3.40. The van der Waals surface area contributed by atoms with E-state index in [0.717, 1.165) is 9.87 Å². The number of hydrogen-bond donors (Lipinski definition) is 2. The molecule has 7 nitrogen and oxygen atoms in total. The molecule has 1 aromatic rings. The molecule has 1 aliphatic rings. The number of rotatable bonds is 4. The molecule has 122 valence electrons. The maximum absolute atomic E-state index is 12.2. The molecule has 0 radical (unpaired) electrons. The van der Waals surface area contributed by atoms with Crippen LogP contribution in [0.5, 0.6) is 5.75 Å². The molecule has 2 N–H and O–H groups in total. The van der Waals surface area contributed by atoms with Gasteiger partial charge >= 0.3 is 0 Å². The van der Waals surface area contributed by atoms with Gasteiger partial charge < -0.3 is 10.1 Å². The average molecular weight is 327 g/mol. The van der Waals surface area contributed by atoms with Crippen molar-refractivity contribution in [2.75, 3.05) is 20.7 Å². The summed E-state index contributed by atoms with van der Waals surface area (Å²) in [6.45, 7) is 2.26. The summed E-state index contributed by atoms with van der Waals surface area (Å²) in [6, 6.07) is 5.96. The summed E-state index contributed by atoms with van der Waals surface area (Å²) in [6.07, 6.45) is 0.356. The van der Waals surface area contributed by atoms with Crippen molar-refractivity contribution in [1.29, 1.82) is 0 Å². The van der Waals surface area contributed by atoms with Gasteiger partial charge in [-0.1, -0.05) is 12.1 Å². The highest BCUT2D eigenvalue weighted by Crippen LogP contribution is 2.29. The van der Waals surface area contributed by atoms with Gasteiger partial charge in [0.05, 0.1) is 13.2 Å². The van der Waals surface area contributed by atoms with Gasteiger partial charge in [-0.05, 0) is 31.0 Å². The van der Waals surface area contributed by atoms with Gasteiger partial charge in [0, 0.05) is 13.6 Å². The van der Waals surface area contributed by atoms with E-state index in [9.17, 15) is 13.2 Å². The number of carbonyl (C=O) groups excluding carboxylic acids is 1. The quantitative estimate of drug-likeness (QED) is 0.838. The van der Waals surface area contributed by atoms with E-state index in [2.05, 4.69) is 10.0 Å². The third-order valence-corrected chi connectivity index (χ3v) is 5.31. The number of hydrogen-bond acceptors (Lipinski definition) is 4. The topological polar surface area (TPSA) is 87.7 Å². The zero-order chi connectivity index (χ0) is 16.3. The monoisotopic (exact) mass is 327 g/mol. The van der Waals surface area contributed by atoms with E-state index in [1.54, 1.807) is 32.2 Å². The van der Waals surface area contributed by atoms with Crippen molar-refractivity contribution in [3.05, 3.63) is 29.8 Å². The number of benzene rings is 1. The van der Waals surface area contributed by atoms with Crippen LogP contribution in [0.3, 0.4) is 0 Å². The Labute approximate surface area is 130 Å². The molecule has 0 aromatic heterocycles. The lowest BCUT2D eigenvalue weighted by Gasteiger charge is -2.36. The molecule has 8 heteroatoms. The van der Waals surface area contributed by atoms with Gasteiger partial charge in [0.2, 0.25) is 5.91 Å². The van der Waals surface area contributed by atoms with Crippen LogP contribution in [0.25, 0.3) is 0 Å². The average Bonchev–Trinajstić information content (AvgIpc) is 2.50. The molecule has 1 fully saturated rings. The molecule has 22 heavy (non-hydrogen) atoms. The van der Waals surface area contributed by atoms with Gasteiger partial charge in [0.1, 0.15) is 11.8 Å². The van der Waals surface area contributed by atoms with Crippen molar-refractivity contribution in [2.24, 2.45) is 0 Å². The van der Waals surface area contributed by atoms with Crippen molar-refractivity contribution in [3.63, 3.8) is 0 Å². The first-order chi connectivity index (χ1) is 10.4. The third-order valence-electron chi connectivity index (χ3n) is 3.72. The van der Waals surface area contributed by atoms with Gasteiger partial charge in [0.15, 0.2) is 0 Å². The Bertz CT molecular complexity index is 647. The molecule has 2 rings (SSSR count). The van der Waals surface area contributed by atoms with Gasteiger partial charge in [-0.15, -0.1) is 0 Å². The molecule has 0 bridgehead atoms. The highest BCUT2D eigenvalue weighted by molar-refractivity contribution is 7.87. The zero-order valence-corrected chi connectivity index (χ0v) is 13.7. The molecule has 1 saturated heterocycles. The van der Waals surface area contributed by atoms with Crippen molar-refractivity contribution < 1.29 is 17.9 Å². The summed E-state index contributed by atoms with van der Waals surface area (Å²) in [7, 11) is -0.751. The molecular weight excluding hydrogens is 306 g/mol. The Morgan fingerprint density at radius 1 is 1.50 bits per heavy atom. The molecule has 0 aliphatic carbocycles. The fourth-order valence-electron chi connectivity index (χ4n) is 2.48. The smallest absolute Gasteiger partial charge is 0.280 e. The fraction of sp³-hybridized carbons (Fsp3) is 0.500. The Morgan fingerprint density at radius 3 is 2.86 bits per heavy atom. The molecule has 1 aliphatic heterocycles. The number of ether oxygens (including phenoxy) is 1. The van der Waals surface area contributed by atoms with Gasteiger partial charge in [-0.3, -0.25) is 4.79 Å². The number of likely N-dealkylation sites (N-methyl/N-ethyl adjacent to an activating group) is 2. The SMILES string of the molecule is CCNC(=O)[C@H]1C[C@@H](c2cccc(OC)c2)NS(=O)(=O)N1C. The number of nitrogens with one attached hydrogen (secondary N) is 2. The Hall–Kier alpha value is -1.64. The van der Waals surface area contributed by atoms with Crippen LogP contribution in [-0.2, 0) is 15.0 Å². The molecule has 0 unspecified atom stereocenters. The van der Waals surface area contributed by atoms with Gasteiger partial charge in [-0.2, -0.15) is 17.4 Å². The standard InChI is InChI=1S/C14H21N3O4S/c1-4-15-14(18)13-9-12(16-22(19,20)17(13)2)10-6-5-7-11(8-10)21-3/h5-8,12-13,16H,4,9H2,1-3H3,(H,15,18)/t12-,13+/m0/s1. The molecule has 1 heterocycles. The van der Waals surface area contributed by atoms with E-state index in [1.165, 1.54) is 7.05 Å². The van der Waals surface area contributed by atoms with Gasteiger partial charge in [0.25, 0.3) is 10.2 Å². The van der Waals surface area contributed by atoms with E-state index in [0.29, 0.717) is 18.7 Å². The minimum Gasteiger partial charge on any atom is -0.497 e. The summed E-state index contributed by atoms with van der Waals surface area (Å²) in [5.41, 5.74) is 0.769. The number of amides is 1. The normalized spacial score (nSPS) is 24.7. The van der Waals surface area contributed by atoms with Crippen LogP contribution in [0.2, 0.25) is 0 Å². The molecule has 1 aromatic carbocycles. The zero-order valence-electron chi connectivity index (χ0n) is 12.9. The molecular formula is C14H21N3O4S. The van der Waals surface area contributed by atoms with Crippen LogP contribution in [-0.4, -0.2) is 45.4 Å². The van der Waals surface area contributed by atoms with E-state index in [4.69, 9.17) is 4.74 Å². The lowest BCUT2D eigenvalue weighted by atomic mass is 9.99. The van der Waals surface area contributed by atoms with E-state index >= 15 is 0 Å². The van der Waals surface area contributed by atoms with Crippen LogP contribution >= 0.6 is 0 Å². The van der Waals surface area contributed by atoms with Crippen LogP contribution < -0.4 is 14.8 Å². The Balaban J connectivity index is 2.31. The highest BCUT2D eigenvalue weighted by atomic mass is 32.2. The molecule has 1 amide bonds. The summed E-state index contributed by atoms with van der Waals surface area (Å²) in [5, 5.41) is 2.68. The first-order valence-corrected chi connectivity index (χ1v) is 8.50. The van der Waals surface area contributed by atoms with Crippen LogP contribution in [0.15, 0.2) is 24.3 Å². The van der Waals surface area contributed by atoms with E-state index < -0.39 is 22.3 Å². The first-order valence-electron chi connectivity index (χ1n) is 7.06. The Morgan fingerprint density at radius 2 is 2.23 bits per heavy atom. The van der Waals surface area contributed by atoms with Crippen LogP contribution in [0.4, 0.5) is 0 Å². The van der Waals surface area contributed by atoms with E-state index in [1.807, 2.05) is 6.07 Å². The summed E-state index contributed by atoms with van der Waals surface area (Å²) in [5.74, 6) is 0.355. The van der Waals surface area contributed by atoms with Crippen molar-refractivity contribution in [3.8, 4) is 5.75 Å². The molecule has 0 saturated carbocycles. The predicted molar refractivity (Wildman–Crippen MR) is 82.6 cm³/mol. The second kappa shape index (κ2) is 6.64. The second-order valence-electron chi connectivity index (χ2n) is 5.11. The minimum atomic E-state index is -3.71. The first kappa shape index (κ1) is 16.7. The fourth-order valence-corrected chi connectivity index (χ4v) is 3.75. The van der Waals surface area contributed by atoms with Crippen LogP contribution in [0.1, 0.15) is 24.9 Å². The number of carbonyl (C=O) groups is 1. The van der Waals surface area contributed by atoms with Crippen molar-refractivity contribution in [1.82, 2.24) is 14.3 Å². The predicted octanol–water partition coefficient (Wildman–Crippen LogP) is 0.411. The highest BCUT2D eigenvalue weighted by Gasteiger charge is 2.40. The maximum atomic E-state index is 12.2. The lowest BCUT2D eigenvalue weighted by Crippen LogP contribution is -2.57. The molecule has 0 spiro atoms. The van der Waals surface area contributed by atoms with Crippen molar-refractivity contribution in [2.45, 2.75) is 25.4 Å². The maximum Gasteiger partial charge on any atom is 0.280 e.